The SMILES string of the molecule is CCCCC(CC)(CC)C(P)(CC)CC.I. The highest BCUT2D eigenvalue weighted by molar-refractivity contribution is 14.0. The van der Waals surface area contributed by atoms with Crippen LogP contribution in [0.25, 0.3) is 0 Å². The molecule has 16 heavy (non-hydrogen) atoms. The fraction of sp³-hybridized carbons (Fsp3) is 1.00. The molecule has 0 N–H and O–H groups in total. The van der Waals surface area contributed by atoms with Crippen LogP contribution in [0.5, 0.6) is 0 Å². The summed E-state index contributed by atoms with van der Waals surface area (Å²) >= 11 is 0. The predicted molar refractivity (Wildman–Crippen MR) is 91.0 cm³/mol. The number of rotatable bonds is 8. The van der Waals surface area contributed by atoms with E-state index in [-0.39, 0.29) is 24.0 Å². The lowest BCUT2D eigenvalue weighted by molar-refractivity contribution is 0.143. The van der Waals surface area contributed by atoms with Crippen LogP contribution >= 0.6 is 33.2 Å². The van der Waals surface area contributed by atoms with Gasteiger partial charge in [0.25, 0.3) is 0 Å². The van der Waals surface area contributed by atoms with Crippen LogP contribution in [0.15, 0.2) is 0 Å². The fourth-order valence-electron chi connectivity index (χ4n) is 3.07. The third-order valence-corrected chi connectivity index (χ3v) is 6.11. The van der Waals surface area contributed by atoms with E-state index >= 15 is 0 Å². The molecule has 1 atom stereocenters. The van der Waals surface area contributed by atoms with Crippen LogP contribution in [0.3, 0.4) is 0 Å². The molecule has 0 aliphatic rings. The van der Waals surface area contributed by atoms with Crippen molar-refractivity contribution in [1.29, 1.82) is 0 Å². The van der Waals surface area contributed by atoms with Crippen molar-refractivity contribution in [3.05, 3.63) is 0 Å². The Hall–Kier alpha value is 1.16. The molecule has 0 aliphatic carbocycles. The summed E-state index contributed by atoms with van der Waals surface area (Å²) in [5.41, 5.74) is 0.553. The second-order valence-corrected chi connectivity index (χ2v) is 6.06. The minimum atomic E-state index is 0. The molecule has 0 heterocycles. The van der Waals surface area contributed by atoms with Gasteiger partial charge < -0.3 is 0 Å². The third kappa shape index (κ3) is 4.12. The minimum absolute atomic E-state index is 0. The van der Waals surface area contributed by atoms with Crippen LogP contribution in [0.4, 0.5) is 0 Å². The molecular weight excluding hydrogens is 326 g/mol. The van der Waals surface area contributed by atoms with Crippen LogP contribution in [-0.2, 0) is 0 Å². The minimum Gasteiger partial charge on any atom is -0.131 e. The average molecular weight is 358 g/mol. The Kier molecular flexibility index (Phi) is 11.1. The Labute approximate surface area is 123 Å². The lowest BCUT2D eigenvalue weighted by Gasteiger charge is -2.48. The van der Waals surface area contributed by atoms with Gasteiger partial charge in [0, 0.05) is 0 Å². The number of halogens is 1. The van der Waals surface area contributed by atoms with Crippen LogP contribution in [0.2, 0.25) is 0 Å². The second kappa shape index (κ2) is 9.14. The molecule has 0 spiro atoms. The first kappa shape index (κ1) is 19.5. The van der Waals surface area contributed by atoms with Crippen LogP contribution in [0.1, 0.15) is 79.6 Å². The highest BCUT2D eigenvalue weighted by Gasteiger charge is 2.42. The molecule has 0 rings (SSSR count). The highest BCUT2D eigenvalue weighted by Crippen LogP contribution is 2.52. The number of hydrogen-bond donors (Lipinski definition) is 0. The fourth-order valence-corrected chi connectivity index (χ4v) is 3.62. The molecule has 0 fully saturated rings. The maximum absolute atomic E-state index is 3.20. The van der Waals surface area contributed by atoms with Crippen molar-refractivity contribution < 1.29 is 0 Å². The van der Waals surface area contributed by atoms with Gasteiger partial charge in [-0.05, 0) is 42.7 Å². The smallest absolute Gasteiger partial charge is 0.00994 e. The van der Waals surface area contributed by atoms with Crippen molar-refractivity contribution in [3.8, 4) is 0 Å². The molecular formula is C14H32IP. The van der Waals surface area contributed by atoms with E-state index in [0.29, 0.717) is 10.6 Å². The zero-order chi connectivity index (χ0) is 11.9. The molecule has 0 aromatic rings. The van der Waals surface area contributed by atoms with E-state index in [4.69, 9.17) is 0 Å². The van der Waals surface area contributed by atoms with Gasteiger partial charge in [0.2, 0.25) is 0 Å². The topological polar surface area (TPSA) is 0 Å². The molecule has 100 valence electrons. The number of hydrogen-bond acceptors (Lipinski definition) is 0. The predicted octanol–water partition coefficient (Wildman–Crippen LogP) is 6.03. The first-order valence-corrected chi connectivity index (χ1v) is 7.42. The standard InChI is InChI=1S/C14H31P.HI/c1-6-11-12-13(7-2,8-3)14(15,9-4)10-5;/h6-12,15H2,1-5H3;1H. The summed E-state index contributed by atoms with van der Waals surface area (Å²) in [5.74, 6) is 0. The van der Waals surface area contributed by atoms with Crippen LogP contribution in [-0.4, -0.2) is 5.16 Å². The molecule has 0 saturated carbocycles. The molecule has 0 amide bonds. The van der Waals surface area contributed by atoms with E-state index in [9.17, 15) is 0 Å². The number of unbranched alkanes of at least 4 members (excludes halogenated alkanes) is 1. The van der Waals surface area contributed by atoms with E-state index in [1.807, 2.05) is 0 Å². The molecule has 0 nitrogen and oxygen atoms in total. The first-order chi connectivity index (χ1) is 7.05. The van der Waals surface area contributed by atoms with Crippen molar-refractivity contribution in [2.45, 2.75) is 84.7 Å². The Morgan fingerprint density at radius 3 is 1.50 bits per heavy atom. The van der Waals surface area contributed by atoms with Crippen molar-refractivity contribution in [2.24, 2.45) is 5.41 Å². The van der Waals surface area contributed by atoms with Gasteiger partial charge >= 0.3 is 0 Å². The molecule has 0 aromatic carbocycles. The lowest BCUT2D eigenvalue weighted by Crippen LogP contribution is -2.42. The van der Waals surface area contributed by atoms with Gasteiger partial charge in [0.15, 0.2) is 0 Å². The molecule has 2 heteroatoms. The molecule has 0 saturated heterocycles. The highest BCUT2D eigenvalue weighted by atomic mass is 127. The normalized spacial score (nSPS) is 12.4. The summed E-state index contributed by atoms with van der Waals surface area (Å²) in [6.45, 7) is 11.8. The monoisotopic (exact) mass is 358 g/mol. The maximum Gasteiger partial charge on any atom is -0.00994 e. The molecule has 1 unspecified atom stereocenters. The average Bonchev–Trinajstić information content (AvgIpc) is 2.30. The summed E-state index contributed by atoms with van der Waals surface area (Å²) in [5, 5.41) is 0.464. The summed E-state index contributed by atoms with van der Waals surface area (Å²) in [4.78, 5) is 0. The first-order valence-electron chi connectivity index (χ1n) is 6.84. The van der Waals surface area contributed by atoms with Gasteiger partial charge in [0.1, 0.15) is 0 Å². The summed E-state index contributed by atoms with van der Waals surface area (Å²) in [7, 11) is 3.20. The van der Waals surface area contributed by atoms with Crippen molar-refractivity contribution in [2.75, 3.05) is 0 Å². The quantitative estimate of drug-likeness (QED) is 0.367. The van der Waals surface area contributed by atoms with Gasteiger partial charge in [-0.25, -0.2) is 0 Å². The summed E-state index contributed by atoms with van der Waals surface area (Å²) in [6, 6.07) is 0. The Bertz CT molecular complexity index is 160. The van der Waals surface area contributed by atoms with Crippen molar-refractivity contribution in [3.63, 3.8) is 0 Å². The molecule has 0 bridgehead atoms. The van der Waals surface area contributed by atoms with Gasteiger partial charge in [-0.3, -0.25) is 0 Å². The van der Waals surface area contributed by atoms with E-state index in [0.717, 1.165) is 0 Å². The zero-order valence-corrected chi connectivity index (χ0v) is 15.4. The molecule has 0 radical (unpaired) electrons. The van der Waals surface area contributed by atoms with E-state index in [1.54, 1.807) is 0 Å². The second-order valence-electron chi connectivity index (χ2n) is 4.95. The van der Waals surface area contributed by atoms with Crippen LogP contribution < -0.4 is 0 Å². The molecule has 0 aromatic heterocycles. The van der Waals surface area contributed by atoms with Crippen LogP contribution in [0, 0.1) is 5.41 Å². The summed E-state index contributed by atoms with van der Waals surface area (Å²) in [6.07, 6.45) is 9.36. The third-order valence-electron chi connectivity index (χ3n) is 4.68. The summed E-state index contributed by atoms with van der Waals surface area (Å²) < 4.78 is 0. The molecule has 0 aliphatic heterocycles. The Morgan fingerprint density at radius 1 is 0.812 bits per heavy atom. The largest absolute Gasteiger partial charge is 0.131 e. The van der Waals surface area contributed by atoms with E-state index < -0.39 is 0 Å². The van der Waals surface area contributed by atoms with E-state index in [1.165, 1.54) is 44.9 Å². The zero-order valence-electron chi connectivity index (χ0n) is 11.9. The Morgan fingerprint density at radius 2 is 1.25 bits per heavy atom. The lowest BCUT2D eigenvalue weighted by atomic mass is 9.65. The van der Waals surface area contributed by atoms with Crippen molar-refractivity contribution in [1.82, 2.24) is 0 Å². The Balaban J connectivity index is 0. The van der Waals surface area contributed by atoms with Crippen molar-refractivity contribution >= 4 is 33.2 Å². The maximum atomic E-state index is 3.20. The van der Waals surface area contributed by atoms with Gasteiger partial charge in [0.05, 0.1) is 0 Å². The van der Waals surface area contributed by atoms with E-state index in [2.05, 4.69) is 43.9 Å². The van der Waals surface area contributed by atoms with Gasteiger partial charge in [-0.1, -0.05) is 47.5 Å². The van der Waals surface area contributed by atoms with Gasteiger partial charge in [-0.2, -0.15) is 0 Å². The van der Waals surface area contributed by atoms with Gasteiger partial charge in [-0.15, -0.1) is 33.2 Å².